The normalized spacial score (nSPS) is 13.0. The van der Waals surface area contributed by atoms with E-state index in [-0.39, 0.29) is 5.69 Å². The lowest BCUT2D eigenvalue weighted by Crippen LogP contribution is -2.09. The number of hydrogen-bond acceptors (Lipinski definition) is 5. The molecule has 0 radical (unpaired) electrons. The lowest BCUT2D eigenvalue weighted by atomic mass is 10.1. The average molecular weight is 301 g/mol. The molecule has 5 nitrogen and oxygen atoms in total. The smallest absolute Gasteiger partial charge is 0.307 e. The third kappa shape index (κ3) is 2.72. The van der Waals surface area contributed by atoms with Crippen LogP contribution in [0.25, 0.3) is 0 Å². The number of nitrogens with two attached hydrogens (primary N) is 1. The molecule has 3 rings (SSSR count). The molecule has 108 valence electrons. The number of nitro benzene ring substituents is 1. The van der Waals surface area contributed by atoms with Gasteiger partial charge in [0.25, 0.3) is 0 Å². The Morgan fingerprint density at radius 2 is 2.00 bits per heavy atom. The number of para-hydroxylation sites is 1. The van der Waals surface area contributed by atoms with Crippen molar-refractivity contribution in [1.82, 2.24) is 0 Å². The zero-order chi connectivity index (χ0) is 14.8. The minimum Gasteiger partial charge on any atom is -0.318 e. The second-order valence-electron chi connectivity index (χ2n) is 4.94. The fraction of sp³-hybridized carbons (Fsp3) is 0.200. The molecule has 2 aromatic rings. The van der Waals surface area contributed by atoms with Crippen LogP contribution < -0.4 is 11.3 Å². The third-order valence-electron chi connectivity index (χ3n) is 3.63. The van der Waals surface area contributed by atoms with Crippen LogP contribution in [0.15, 0.2) is 46.2 Å². The first-order chi connectivity index (χ1) is 10.2. The molecule has 1 aliphatic rings. The highest BCUT2D eigenvalue weighted by Gasteiger charge is 2.20. The maximum atomic E-state index is 11.3. The van der Waals surface area contributed by atoms with Crippen LogP contribution in [0.1, 0.15) is 17.5 Å². The molecular formula is C15H15N3O2S. The van der Waals surface area contributed by atoms with E-state index in [9.17, 15) is 10.1 Å². The molecule has 6 heteroatoms. The number of nitrogens with one attached hydrogen (secondary N) is 1. The number of rotatable bonds is 4. The van der Waals surface area contributed by atoms with Crippen LogP contribution in [0.4, 0.5) is 11.4 Å². The first-order valence-corrected chi connectivity index (χ1v) is 7.54. The minimum absolute atomic E-state index is 0.0190. The molecule has 21 heavy (non-hydrogen) atoms. The highest BCUT2D eigenvalue weighted by Crippen LogP contribution is 2.40. The average Bonchev–Trinajstić information content (AvgIpc) is 2.94. The van der Waals surface area contributed by atoms with Crippen molar-refractivity contribution in [3.8, 4) is 0 Å². The highest BCUT2D eigenvalue weighted by atomic mass is 32.2. The second kappa shape index (κ2) is 5.75. The van der Waals surface area contributed by atoms with E-state index in [4.69, 9.17) is 5.84 Å². The number of aryl methyl sites for hydroxylation is 2. The summed E-state index contributed by atoms with van der Waals surface area (Å²) in [7, 11) is 0. The van der Waals surface area contributed by atoms with Crippen LogP contribution in [0.2, 0.25) is 0 Å². The Bertz CT molecular complexity index is 703. The first kappa shape index (κ1) is 13.9. The molecule has 0 spiro atoms. The van der Waals surface area contributed by atoms with Gasteiger partial charge in [0.15, 0.2) is 0 Å². The van der Waals surface area contributed by atoms with E-state index in [2.05, 4.69) is 17.6 Å². The molecule has 0 atom stereocenters. The SMILES string of the molecule is NNc1cccc(Sc2ccc3c(c2)CCC3)c1[N+](=O)[O-]. The minimum atomic E-state index is -0.398. The molecule has 0 unspecified atom stereocenters. The summed E-state index contributed by atoms with van der Waals surface area (Å²) in [4.78, 5) is 12.5. The zero-order valence-corrected chi connectivity index (χ0v) is 12.2. The summed E-state index contributed by atoms with van der Waals surface area (Å²) >= 11 is 1.40. The molecule has 2 aromatic carbocycles. The fourth-order valence-electron chi connectivity index (χ4n) is 2.65. The summed E-state index contributed by atoms with van der Waals surface area (Å²) < 4.78 is 0. The van der Waals surface area contributed by atoms with Crippen molar-refractivity contribution in [3.63, 3.8) is 0 Å². The van der Waals surface area contributed by atoms with Gasteiger partial charge in [0, 0.05) is 4.90 Å². The van der Waals surface area contributed by atoms with E-state index in [1.54, 1.807) is 18.2 Å². The van der Waals surface area contributed by atoms with E-state index >= 15 is 0 Å². The van der Waals surface area contributed by atoms with Gasteiger partial charge in [-0.1, -0.05) is 23.9 Å². The quantitative estimate of drug-likeness (QED) is 0.513. The van der Waals surface area contributed by atoms with E-state index < -0.39 is 4.92 Å². The lowest BCUT2D eigenvalue weighted by Gasteiger charge is -2.08. The number of anilines is 1. The maximum absolute atomic E-state index is 11.3. The Balaban J connectivity index is 1.96. The molecule has 0 heterocycles. The van der Waals surface area contributed by atoms with Crippen LogP contribution in [0.3, 0.4) is 0 Å². The highest BCUT2D eigenvalue weighted by molar-refractivity contribution is 7.99. The number of nitrogens with zero attached hydrogens (tertiary/aromatic N) is 1. The number of benzene rings is 2. The second-order valence-corrected chi connectivity index (χ2v) is 6.06. The molecule has 0 saturated carbocycles. The number of fused-ring (bicyclic) bond motifs is 1. The van der Waals surface area contributed by atoms with Crippen molar-refractivity contribution in [2.24, 2.45) is 5.84 Å². The van der Waals surface area contributed by atoms with Crippen LogP contribution >= 0.6 is 11.8 Å². The van der Waals surface area contributed by atoms with E-state index in [0.717, 1.165) is 17.7 Å². The Morgan fingerprint density at radius 1 is 1.19 bits per heavy atom. The number of nitro groups is 1. The predicted octanol–water partition coefficient (Wildman–Crippen LogP) is 3.52. The van der Waals surface area contributed by atoms with Crippen LogP contribution in [-0.2, 0) is 12.8 Å². The first-order valence-electron chi connectivity index (χ1n) is 6.72. The van der Waals surface area contributed by atoms with Gasteiger partial charge in [-0.3, -0.25) is 16.0 Å². The summed E-state index contributed by atoms with van der Waals surface area (Å²) in [5.41, 5.74) is 5.49. The number of hydrogen-bond donors (Lipinski definition) is 2. The van der Waals surface area contributed by atoms with Crippen molar-refractivity contribution < 1.29 is 4.92 Å². The van der Waals surface area contributed by atoms with Crippen LogP contribution in [-0.4, -0.2) is 4.92 Å². The van der Waals surface area contributed by atoms with E-state index in [1.165, 1.54) is 29.3 Å². The van der Waals surface area contributed by atoms with Crippen molar-refractivity contribution in [2.75, 3.05) is 5.43 Å². The Hall–Kier alpha value is -2.05. The predicted molar refractivity (Wildman–Crippen MR) is 83.5 cm³/mol. The largest absolute Gasteiger partial charge is 0.318 e. The van der Waals surface area contributed by atoms with E-state index in [1.807, 2.05) is 6.07 Å². The van der Waals surface area contributed by atoms with Crippen molar-refractivity contribution in [1.29, 1.82) is 0 Å². The molecule has 0 aliphatic heterocycles. The van der Waals surface area contributed by atoms with Gasteiger partial charge in [-0.25, -0.2) is 0 Å². The Labute approximate surface area is 126 Å². The summed E-state index contributed by atoms with van der Waals surface area (Å²) in [5, 5.41) is 11.3. The fourth-order valence-corrected chi connectivity index (χ4v) is 3.67. The van der Waals surface area contributed by atoms with Crippen LogP contribution in [0.5, 0.6) is 0 Å². The number of hydrazine groups is 1. The van der Waals surface area contributed by atoms with Gasteiger partial charge < -0.3 is 5.43 Å². The van der Waals surface area contributed by atoms with Gasteiger partial charge >= 0.3 is 5.69 Å². The van der Waals surface area contributed by atoms with Gasteiger partial charge in [-0.05, 0) is 54.7 Å². The molecule has 0 amide bonds. The standard InChI is InChI=1S/C15H15N3O2S/c16-17-13-5-2-6-14(15(13)18(19)20)21-12-8-7-10-3-1-4-11(10)9-12/h2,5-9,17H,1,3-4,16H2. The molecular weight excluding hydrogens is 286 g/mol. The van der Waals surface area contributed by atoms with Crippen molar-refractivity contribution in [2.45, 2.75) is 29.1 Å². The summed E-state index contributed by atoms with van der Waals surface area (Å²) in [6.45, 7) is 0. The third-order valence-corrected chi connectivity index (χ3v) is 4.67. The van der Waals surface area contributed by atoms with Crippen LogP contribution in [0, 0.1) is 10.1 Å². The maximum Gasteiger partial charge on any atom is 0.307 e. The van der Waals surface area contributed by atoms with Gasteiger partial charge in [-0.2, -0.15) is 0 Å². The van der Waals surface area contributed by atoms with Gasteiger partial charge in [0.2, 0.25) is 0 Å². The Kier molecular flexibility index (Phi) is 3.81. The van der Waals surface area contributed by atoms with Crippen molar-refractivity contribution in [3.05, 3.63) is 57.6 Å². The number of nitrogen functional groups attached to an aromatic ring is 1. The van der Waals surface area contributed by atoms with E-state index in [0.29, 0.717) is 10.6 Å². The molecule has 0 aromatic heterocycles. The topological polar surface area (TPSA) is 81.2 Å². The van der Waals surface area contributed by atoms with Gasteiger partial charge in [0.1, 0.15) is 5.69 Å². The zero-order valence-electron chi connectivity index (χ0n) is 11.3. The lowest BCUT2D eigenvalue weighted by molar-refractivity contribution is -0.386. The monoisotopic (exact) mass is 301 g/mol. The summed E-state index contributed by atoms with van der Waals surface area (Å²) in [5.74, 6) is 5.36. The Morgan fingerprint density at radius 3 is 2.76 bits per heavy atom. The molecule has 1 aliphatic carbocycles. The molecule has 0 saturated heterocycles. The van der Waals surface area contributed by atoms with Gasteiger partial charge in [-0.15, -0.1) is 0 Å². The molecule has 0 bridgehead atoms. The summed E-state index contributed by atoms with van der Waals surface area (Å²) in [6, 6.07) is 11.4. The molecule has 0 fully saturated rings. The molecule has 3 N–H and O–H groups in total. The van der Waals surface area contributed by atoms with Crippen molar-refractivity contribution >= 4 is 23.1 Å². The summed E-state index contributed by atoms with van der Waals surface area (Å²) in [6.07, 6.45) is 3.42. The van der Waals surface area contributed by atoms with Gasteiger partial charge in [0.05, 0.1) is 9.82 Å².